The van der Waals surface area contributed by atoms with Crippen molar-refractivity contribution in [3.63, 3.8) is 0 Å². The van der Waals surface area contributed by atoms with Crippen LogP contribution in [0.15, 0.2) is 29.2 Å². The Kier molecular flexibility index (Phi) is 3.63. The molecule has 0 aliphatic heterocycles. The monoisotopic (exact) mass is 198 g/mol. The summed E-state index contributed by atoms with van der Waals surface area (Å²) < 4.78 is 16.6. The van der Waals surface area contributed by atoms with E-state index in [1.54, 1.807) is 0 Å². The molecule has 0 aliphatic rings. The van der Waals surface area contributed by atoms with Gasteiger partial charge in [-0.05, 0) is 32.9 Å². The first kappa shape index (κ1) is 10.4. The van der Waals surface area contributed by atoms with Crippen LogP contribution in [0.25, 0.3) is 0 Å². The smallest absolute Gasteiger partial charge is 0.189 e. The molecule has 0 aromatic heterocycles. The predicted molar refractivity (Wildman–Crippen MR) is 53.8 cm³/mol. The Morgan fingerprint density at radius 3 is 2.23 bits per heavy atom. The molecule has 0 bridgehead atoms. The van der Waals surface area contributed by atoms with Crippen LogP contribution in [0.3, 0.4) is 0 Å². The summed E-state index contributed by atoms with van der Waals surface area (Å²) in [5.41, 5.74) is 1.16. The van der Waals surface area contributed by atoms with Crippen LogP contribution in [0, 0.1) is 6.92 Å². The molecule has 13 heavy (non-hydrogen) atoms. The first-order valence-electron chi connectivity index (χ1n) is 4.25. The summed E-state index contributed by atoms with van der Waals surface area (Å²) in [6.45, 7) is 5.73. The Bertz CT molecular complexity index is 290. The second-order valence-electron chi connectivity index (χ2n) is 3.19. The average molecular weight is 198 g/mol. The molecule has 0 radical (unpaired) electrons. The van der Waals surface area contributed by atoms with Gasteiger partial charge in [-0.25, -0.2) is 4.21 Å². The standard InChI is InChI=1S/C10H14O2S/c1-8(2)12-13(11)10-6-4-9(3)5-7-10/h4-8H,1-3H3/t13-/m1/s1. The van der Waals surface area contributed by atoms with Crippen LogP contribution < -0.4 is 0 Å². The second-order valence-corrected chi connectivity index (χ2v) is 4.33. The Morgan fingerprint density at radius 1 is 1.23 bits per heavy atom. The Hall–Kier alpha value is -0.670. The minimum atomic E-state index is -1.32. The lowest BCUT2D eigenvalue weighted by molar-refractivity contribution is 0.270. The van der Waals surface area contributed by atoms with Gasteiger partial charge in [-0.3, -0.25) is 4.18 Å². The SMILES string of the molecule is Cc1ccc([S@](=O)OC(C)C)cc1. The van der Waals surface area contributed by atoms with Gasteiger partial charge in [0, 0.05) is 0 Å². The van der Waals surface area contributed by atoms with Crippen LogP contribution in [0.5, 0.6) is 0 Å². The molecule has 0 heterocycles. The summed E-state index contributed by atoms with van der Waals surface area (Å²) in [4.78, 5) is 0.722. The maximum absolute atomic E-state index is 11.5. The van der Waals surface area contributed by atoms with Gasteiger partial charge >= 0.3 is 0 Å². The molecular weight excluding hydrogens is 184 g/mol. The van der Waals surface area contributed by atoms with E-state index in [-0.39, 0.29) is 6.10 Å². The molecular formula is C10H14O2S. The van der Waals surface area contributed by atoms with E-state index >= 15 is 0 Å². The number of hydrogen-bond donors (Lipinski definition) is 0. The summed E-state index contributed by atoms with van der Waals surface area (Å²) in [6.07, 6.45) is -0.0119. The maximum atomic E-state index is 11.5. The van der Waals surface area contributed by atoms with E-state index < -0.39 is 11.1 Å². The van der Waals surface area contributed by atoms with Gasteiger partial charge in [-0.15, -0.1) is 0 Å². The zero-order chi connectivity index (χ0) is 9.84. The van der Waals surface area contributed by atoms with Crippen LogP contribution in [0.1, 0.15) is 19.4 Å². The highest BCUT2D eigenvalue weighted by molar-refractivity contribution is 7.80. The van der Waals surface area contributed by atoms with Gasteiger partial charge in [-0.1, -0.05) is 17.7 Å². The van der Waals surface area contributed by atoms with E-state index in [4.69, 9.17) is 4.18 Å². The molecule has 0 aliphatic carbocycles. The normalized spacial score (nSPS) is 13.2. The van der Waals surface area contributed by atoms with Gasteiger partial charge < -0.3 is 0 Å². The van der Waals surface area contributed by atoms with E-state index in [2.05, 4.69) is 0 Å². The lowest BCUT2D eigenvalue weighted by Crippen LogP contribution is -2.05. The van der Waals surface area contributed by atoms with Crippen molar-refractivity contribution in [3.05, 3.63) is 29.8 Å². The Balaban J connectivity index is 2.72. The third-order valence-electron chi connectivity index (χ3n) is 1.49. The minimum Gasteiger partial charge on any atom is -0.284 e. The molecule has 0 spiro atoms. The van der Waals surface area contributed by atoms with Crippen molar-refractivity contribution >= 4 is 11.1 Å². The lowest BCUT2D eigenvalue weighted by Gasteiger charge is -2.05. The van der Waals surface area contributed by atoms with E-state index in [0.717, 1.165) is 10.5 Å². The molecule has 3 heteroatoms. The van der Waals surface area contributed by atoms with E-state index in [0.29, 0.717) is 0 Å². The van der Waals surface area contributed by atoms with Crippen molar-refractivity contribution in [2.45, 2.75) is 31.8 Å². The second kappa shape index (κ2) is 4.53. The Labute approximate surface area is 81.6 Å². The third kappa shape index (κ3) is 3.28. The van der Waals surface area contributed by atoms with Crippen molar-refractivity contribution in [3.8, 4) is 0 Å². The van der Waals surface area contributed by atoms with Crippen LogP contribution in [-0.2, 0) is 15.3 Å². The Morgan fingerprint density at radius 2 is 1.77 bits per heavy atom. The van der Waals surface area contributed by atoms with Crippen molar-refractivity contribution in [1.29, 1.82) is 0 Å². The molecule has 1 atom stereocenters. The fourth-order valence-corrected chi connectivity index (χ4v) is 1.70. The predicted octanol–water partition coefficient (Wildman–Crippen LogP) is 2.44. The molecule has 1 aromatic carbocycles. The number of aryl methyl sites for hydroxylation is 1. The number of hydrogen-bond acceptors (Lipinski definition) is 2. The van der Waals surface area contributed by atoms with Gasteiger partial charge in [-0.2, -0.15) is 0 Å². The highest BCUT2D eigenvalue weighted by Crippen LogP contribution is 2.10. The van der Waals surface area contributed by atoms with Gasteiger partial charge in [0.15, 0.2) is 11.1 Å². The topological polar surface area (TPSA) is 26.3 Å². The fourth-order valence-electron chi connectivity index (χ4n) is 0.880. The largest absolute Gasteiger partial charge is 0.284 e. The van der Waals surface area contributed by atoms with E-state index in [1.165, 1.54) is 0 Å². The lowest BCUT2D eigenvalue weighted by atomic mass is 10.2. The molecule has 1 aromatic rings. The molecule has 1 rings (SSSR count). The highest BCUT2D eigenvalue weighted by atomic mass is 32.2. The summed E-state index contributed by atoms with van der Waals surface area (Å²) in [5.74, 6) is 0. The van der Waals surface area contributed by atoms with Crippen LogP contribution in [0.4, 0.5) is 0 Å². The molecule has 0 fully saturated rings. The average Bonchev–Trinajstić information content (AvgIpc) is 2.04. The fraction of sp³-hybridized carbons (Fsp3) is 0.400. The molecule has 2 nitrogen and oxygen atoms in total. The molecule has 72 valence electrons. The zero-order valence-corrected chi connectivity index (χ0v) is 8.93. The van der Waals surface area contributed by atoms with Gasteiger partial charge in [0.2, 0.25) is 0 Å². The van der Waals surface area contributed by atoms with E-state index in [9.17, 15) is 4.21 Å². The van der Waals surface area contributed by atoms with Crippen LogP contribution >= 0.6 is 0 Å². The summed E-state index contributed by atoms with van der Waals surface area (Å²) in [7, 11) is 0. The van der Waals surface area contributed by atoms with Crippen molar-refractivity contribution < 1.29 is 8.39 Å². The molecule has 0 unspecified atom stereocenters. The number of benzene rings is 1. The number of rotatable bonds is 3. The minimum absolute atomic E-state index is 0.0119. The van der Waals surface area contributed by atoms with Crippen molar-refractivity contribution in [2.75, 3.05) is 0 Å². The molecule has 0 amide bonds. The zero-order valence-electron chi connectivity index (χ0n) is 8.11. The van der Waals surface area contributed by atoms with Crippen LogP contribution in [-0.4, -0.2) is 10.3 Å². The van der Waals surface area contributed by atoms with Gasteiger partial charge in [0.25, 0.3) is 0 Å². The van der Waals surface area contributed by atoms with Gasteiger partial charge in [0.05, 0.1) is 11.0 Å². The maximum Gasteiger partial charge on any atom is 0.189 e. The van der Waals surface area contributed by atoms with Crippen molar-refractivity contribution in [2.24, 2.45) is 0 Å². The molecule has 0 saturated carbocycles. The van der Waals surface area contributed by atoms with Gasteiger partial charge in [0.1, 0.15) is 0 Å². The van der Waals surface area contributed by atoms with Crippen molar-refractivity contribution in [1.82, 2.24) is 0 Å². The quantitative estimate of drug-likeness (QED) is 0.745. The molecule has 0 N–H and O–H groups in total. The third-order valence-corrected chi connectivity index (χ3v) is 2.71. The van der Waals surface area contributed by atoms with Crippen LogP contribution in [0.2, 0.25) is 0 Å². The first-order valence-corrected chi connectivity index (χ1v) is 5.32. The summed E-state index contributed by atoms with van der Waals surface area (Å²) in [6, 6.07) is 7.51. The summed E-state index contributed by atoms with van der Waals surface area (Å²) in [5, 5.41) is 0. The molecule has 0 saturated heterocycles. The first-order chi connectivity index (χ1) is 6.09. The highest BCUT2D eigenvalue weighted by Gasteiger charge is 2.05. The van der Waals surface area contributed by atoms with E-state index in [1.807, 2.05) is 45.0 Å². The summed E-state index contributed by atoms with van der Waals surface area (Å²) >= 11 is -1.32.